The maximum absolute atomic E-state index is 13.0. The van der Waals surface area contributed by atoms with E-state index in [1.165, 1.54) is 0 Å². The van der Waals surface area contributed by atoms with E-state index in [2.05, 4.69) is 15.8 Å². The van der Waals surface area contributed by atoms with Crippen LogP contribution in [0.5, 0.6) is 0 Å². The lowest BCUT2D eigenvalue weighted by Gasteiger charge is -2.14. The van der Waals surface area contributed by atoms with Crippen molar-refractivity contribution in [2.45, 2.75) is 13.8 Å². The van der Waals surface area contributed by atoms with Crippen molar-refractivity contribution < 1.29 is 14.4 Å². The molecule has 9 heteroatoms. The van der Waals surface area contributed by atoms with Gasteiger partial charge in [0.2, 0.25) is 5.91 Å². The normalized spacial score (nSPS) is 17.5. The minimum atomic E-state index is -1.44. The number of carbonyl (C=O) groups excluding carboxylic acids is 3. The van der Waals surface area contributed by atoms with Crippen LogP contribution in [-0.4, -0.2) is 28.5 Å². The Hall–Kier alpha value is -3.59. The third-order valence-corrected chi connectivity index (χ3v) is 4.41. The van der Waals surface area contributed by atoms with Gasteiger partial charge in [0.15, 0.2) is 11.0 Å². The fourth-order valence-corrected chi connectivity index (χ4v) is 2.88. The Labute approximate surface area is 172 Å². The van der Waals surface area contributed by atoms with Crippen LogP contribution in [-0.2, 0) is 14.4 Å². The van der Waals surface area contributed by atoms with E-state index in [0.29, 0.717) is 11.4 Å². The van der Waals surface area contributed by atoms with Gasteiger partial charge < -0.3 is 11.1 Å². The van der Waals surface area contributed by atoms with E-state index in [9.17, 15) is 14.4 Å². The highest BCUT2D eigenvalue weighted by molar-refractivity contribution is 7.80. The smallest absolute Gasteiger partial charge is 0.282 e. The van der Waals surface area contributed by atoms with Gasteiger partial charge >= 0.3 is 0 Å². The summed E-state index contributed by atoms with van der Waals surface area (Å²) in [5.74, 6) is -3.53. The minimum Gasteiger partial charge on any atom is -0.375 e. The van der Waals surface area contributed by atoms with Crippen molar-refractivity contribution in [3.63, 3.8) is 0 Å². The molecule has 2 aromatic rings. The molecule has 1 aliphatic heterocycles. The average molecular weight is 409 g/mol. The summed E-state index contributed by atoms with van der Waals surface area (Å²) in [4.78, 5) is 39.7. The van der Waals surface area contributed by atoms with Crippen LogP contribution in [0, 0.1) is 19.8 Å². The van der Waals surface area contributed by atoms with Crippen molar-refractivity contribution in [2.75, 3.05) is 10.2 Å². The summed E-state index contributed by atoms with van der Waals surface area (Å²) in [5, 5.41) is 6.29. The quantitative estimate of drug-likeness (QED) is 0.306. The molecule has 0 aliphatic carbocycles. The highest BCUT2D eigenvalue weighted by atomic mass is 32.1. The number of rotatable bonds is 4. The Morgan fingerprint density at radius 1 is 1.03 bits per heavy atom. The fraction of sp³-hybridized carbons (Fsp3) is 0.150. The summed E-state index contributed by atoms with van der Waals surface area (Å²) >= 11 is 4.71. The van der Waals surface area contributed by atoms with Gasteiger partial charge in [-0.25, -0.2) is 4.90 Å². The standard InChI is InChI=1S/C20H19N5O3S/c1-11-3-7-13(8-4-11)22-17(26)15-16(23-24-20(21)29)19(28)25(18(15)27)14-9-5-12(2)6-10-14/h3-10,15H,1-2H3,(H,22,26)(H3,21,24,29)/b23-16+. The first-order valence-corrected chi connectivity index (χ1v) is 9.14. The zero-order valence-corrected chi connectivity index (χ0v) is 16.6. The third kappa shape index (κ3) is 4.30. The van der Waals surface area contributed by atoms with Crippen LogP contribution in [0.4, 0.5) is 11.4 Å². The van der Waals surface area contributed by atoms with Crippen molar-refractivity contribution >= 4 is 52.1 Å². The van der Waals surface area contributed by atoms with E-state index in [1.807, 2.05) is 26.0 Å². The molecule has 1 unspecified atom stereocenters. The first-order valence-electron chi connectivity index (χ1n) is 8.73. The van der Waals surface area contributed by atoms with Crippen molar-refractivity contribution in [2.24, 2.45) is 16.8 Å². The van der Waals surface area contributed by atoms with Gasteiger partial charge in [0.1, 0.15) is 5.71 Å². The summed E-state index contributed by atoms with van der Waals surface area (Å²) in [7, 11) is 0. The largest absolute Gasteiger partial charge is 0.375 e. The molecule has 3 amide bonds. The van der Waals surface area contributed by atoms with Gasteiger partial charge in [-0.15, -0.1) is 0 Å². The number of aryl methyl sites for hydroxylation is 2. The summed E-state index contributed by atoms with van der Waals surface area (Å²) in [6.07, 6.45) is 0. The third-order valence-electron chi connectivity index (χ3n) is 4.32. The SMILES string of the molecule is Cc1ccc(NC(=O)C2C(=O)N(c3ccc(C)cc3)C(=O)/C2=N/NC(N)=S)cc1. The van der Waals surface area contributed by atoms with Gasteiger partial charge in [0, 0.05) is 5.69 Å². The lowest BCUT2D eigenvalue weighted by molar-refractivity contribution is -0.127. The van der Waals surface area contributed by atoms with Crippen molar-refractivity contribution in [1.82, 2.24) is 5.43 Å². The zero-order valence-electron chi connectivity index (χ0n) is 15.8. The molecule has 0 radical (unpaired) electrons. The molecule has 0 saturated carbocycles. The second-order valence-corrected chi connectivity index (χ2v) is 7.02. The Morgan fingerprint density at radius 3 is 2.14 bits per heavy atom. The minimum absolute atomic E-state index is 0.191. The van der Waals surface area contributed by atoms with E-state index < -0.39 is 23.6 Å². The molecule has 1 aliphatic rings. The van der Waals surface area contributed by atoms with Crippen LogP contribution in [0.15, 0.2) is 53.6 Å². The number of nitrogens with two attached hydrogens (primary N) is 1. The predicted octanol–water partition coefficient (Wildman–Crippen LogP) is 1.62. The summed E-state index contributed by atoms with van der Waals surface area (Å²) in [5.41, 5.74) is 10.2. The summed E-state index contributed by atoms with van der Waals surface area (Å²) in [6.45, 7) is 3.80. The zero-order chi connectivity index (χ0) is 21.1. The van der Waals surface area contributed by atoms with Gasteiger partial charge in [-0.1, -0.05) is 35.4 Å². The van der Waals surface area contributed by atoms with Crippen LogP contribution in [0.3, 0.4) is 0 Å². The molecule has 1 heterocycles. The van der Waals surface area contributed by atoms with E-state index >= 15 is 0 Å². The van der Waals surface area contributed by atoms with Crippen LogP contribution >= 0.6 is 12.2 Å². The number of nitrogens with one attached hydrogen (secondary N) is 2. The number of hydrogen-bond donors (Lipinski definition) is 3. The molecule has 1 fully saturated rings. The second kappa shape index (κ2) is 8.19. The number of hydrogen-bond acceptors (Lipinski definition) is 5. The topological polar surface area (TPSA) is 117 Å². The molecule has 3 rings (SSSR count). The maximum atomic E-state index is 13.0. The number of imide groups is 1. The lowest BCUT2D eigenvalue weighted by atomic mass is 10.0. The molecule has 4 N–H and O–H groups in total. The highest BCUT2D eigenvalue weighted by Crippen LogP contribution is 2.26. The molecule has 2 aromatic carbocycles. The predicted molar refractivity (Wildman–Crippen MR) is 114 cm³/mol. The number of nitrogens with zero attached hydrogens (tertiary/aromatic N) is 2. The van der Waals surface area contributed by atoms with Gasteiger partial charge in [0.25, 0.3) is 11.8 Å². The number of hydrazone groups is 1. The monoisotopic (exact) mass is 409 g/mol. The number of thiocarbonyl (C=S) groups is 1. The Bertz CT molecular complexity index is 1020. The second-order valence-electron chi connectivity index (χ2n) is 6.58. The molecular weight excluding hydrogens is 390 g/mol. The molecular formula is C20H19N5O3S. The van der Waals surface area contributed by atoms with Gasteiger partial charge in [-0.3, -0.25) is 19.8 Å². The average Bonchev–Trinajstić information content (AvgIpc) is 2.92. The van der Waals surface area contributed by atoms with Crippen molar-refractivity contribution in [1.29, 1.82) is 0 Å². The number of benzene rings is 2. The Kier molecular flexibility index (Phi) is 5.69. The Balaban J connectivity index is 1.95. The Morgan fingerprint density at radius 2 is 1.59 bits per heavy atom. The van der Waals surface area contributed by atoms with Crippen LogP contribution in [0.25, 0.3) is 0 Å². The van der Waals surface area contributed by atoms with E-state index in [-0.39, 0.29) is 10.8 Å². The highest BCUT2D eigenvalue weighted by Gasteiger charge is 2.50. The van der Waals surface area contributed by atoms with Crippen molar-refractivity contribution in [3.05, 3.63) is 59.7 Å². The first-order chi connectivity index (χ1) is 13.8. The summed E-state index contributed by atoms with van der Waals surface area (Å²) < 4.78 is 0. The van der Waals surface area contributed by atoms with E-state index in [4.69, 9.17) is 18.0 Å². The van der Waals surface area contributed by atoms with E-state index in [1.54, 1.807) is 36.4 Å². The van der Waals surface area contributed by atoms with Gasteiger partial charge in [-0.05, 0) is 50.3 Å². The molecule has 148 valence electrons. The van der Waals surface area contributed by atoms with Crippen LogP contribution in [0.1, 0.15) is 11.1 Å². The summed E-state index contributed by atoms with van der Waals surface area (Å²) in [6, 6.07) is 13.8. The molecule has 0 aromatic heterocycles. The fourth-order valence-electron chi connectivity index (χ4n) is 2.84. The molecule has 0 spiro atoms. The molecule has 29 heavy (non-hydrogen) atoms. The van der Waals surface area contributed by atoms with Crippen molar-refractivity contribution in [3.8, 4) is 0 Å². The number of carbonyl (C=O) groups is 3. The molecule has 1 saturated heterocycles. The number of anilines is 2. The molecule has 1 atom stereocenters. The van der Waals surface area contributed by atoms with Gasteiger partial charge in [-0.2, -0.15) is 5.10 Å². The maximum Gasteiger partial charge on any atom is 0.282 e. The van der Waals surface area contributed by atoms with Crippen LogP contribution < -0.4 is 21.4 Å². The lowest BCUT2D eigenvalue weighted by Crippen LogP contribution is -2.35. The molecule has 0 bridgehead atoms. The van der Waals surface area contributed by atoms with E-state index in [0.717, 1.165) is 16.0 Å². The first kappa shape index (κ1) is 20.2. The van der Waals surface area contributed by atoms with Crippen LogP contribution in [0.2, 0.25) is 0 Å². The molecule has 8 nitrogen and oxygen atoms in total. The van der Waals surface area contributed by atoms with Gasteiger partial charge in [0.05, 0.1) is 5.69 Å². The number of amides is 3.